The predicted octanol–water partition coefficient (Wildman–Crippen LogP) is 2.16. The van der Waals surface area contributed by atoms with Crippen LogP contribution in [0, 0.1) is 0 Å². The van der Waals surface area contributed by atoms with Crippen LogP contribution in [-0.4, -0.2) is 80.4 Å². The molecule has 1 heterocycles. The maximum atomic E-state index is 11.7. The van der Waals surface area contributed by atoms with E-state index in [1.165, 1.54) is 0 Å². The molecule has 0 saturated carbocycles. The van der Waals surface area contributed by atoms with E-state index in [-0.39, 0.29) is 36.2 Å². The second-order valence-corrected chi connectivity index (χ2v) is 5.68. The second kappa shape index (κ2) is 13.5. The highest BCUT2D eigenvalue weighted by molar-refractivity contribution is 14.0. The molecule has 0 aromatic carbocycles. The molecule has 142 valence electrons. The quantitative estimate of drug-likeness (QED) is 0.275. The molecule has 0 atom stereocenters. The fraction of sp³-hybridized carbons (Fsp3) is 0.875. The lowest BCUT2D eigenvalue weighted by atomic mass is 10.3. The summed E-state index contributed by atoms with van der Waals surface area (Å²) in [6.45, 7) is 13.6. The standard InChI is InChI=1S/C16H32N4O3.HI/c1-5-17-15(18-8-7-13-23-14(3)4)19-9-11-20(12-10-19)16(21)22-6-2;/h14H,5-13H2,1-4H3,(H,17,18);1H. The van der Waals surface area contributed by atoms with E-state index in [1.54, 1.807) is 4.90 Å². The highest BCUT2D eigenvalue weighted by Gasteiger charge is 2.23. The fourth-order valence-corrected chi connectivity index (χ4v) is 2.31. The van der Waals surface area contributed by atoms with Crippen LogP contribution in [0.2, 0.25) is 0 Å². The van der Waals surface area contributed by atoms with Crippen LogP contribution < -0.4 is 5.32 Å². The summed E-state index contributed by atoms with van der Waals surface area (Å²) in [6.07, 6.45) is 0.957. The molecule has 1 N–H and O–H groups in total. The maximum Gasteiger partial charge on any atom is 0.409 e. The minimum absolute atomic E-state index is 0. The van der Waals surface area contributed by atoms with Crippen LogP contribution in [0.3, 0.4) is 0 Å². The highest BCUT2D eigenvalue weighted by atomic mass is 127. The van der Waals surface area contributed by atoms with Crippen LogP contribution in [0.1, 0.15) is 34.1 Å². The van der Waals surface area contributed by atoms with Crippen LogP contribution in [0.25, 0.3) is 0 Å². The minimum atomic E-state index is -0.222. The second-order valence-electron chi connectivity index (χ2n) is 5.68. The molecule has 0 aromatic rings. The number of aliphatic imine (C=N–C) groups is 1. The van der Waals surface area contributed by atoms with Crippen molar-refractivity contribution in [2.75, 3.05) is 52.5 Å². The summed E-state index contributed by atoms with van der Waals surface area (Å²) in [5.74, 6) is 0.917. The number of halogens is 1. The Hall–Kier alpha value is -0.770. The van der Waals surface area contributed by atoms with Crippen LogP contribution in [0.5, 0.6) is 0 Å². The Balaban J connectivity index is 0.00000529. The van der Waals surface area contributed by atoms with Gasteiger partial charge in [0.15, 0.2) is 5.96 Å². The average Bonchev–Trinajstić information content (AvgIpc) is 2.53. The zero-order chi connectivity index (χ0) is 17.1. The minimum Gasteiger partial charge on any atom is -0.450 e. The lowest BCUT2D eigenvalue weighted by Gasteiger charge is -2.35. The van der Waals surface area contributed by atoms with Gasteiger partial charge < -0.3 is 24.6 Å². The van der Waals surface area contributed by atoms with E-state index in [4.69, 9.17) is 9.47 Å². The lowest BCUT2D eigenvalue weighted by molar-refractivity contribution is 0.0781. The van der Waals surface area contributed by atoms with Gasteiger partial charge in [0.1, 0.15) is 0 Å². The Bertz CT molecular complexity index is 372. The third-order valence-corrected chi connectivity index (χ3v) is 3.46. The zero-order valence-corrected chi connectivity index (χ0v) is 17.7. The topological polar surface area (TPSA) is 66.4 Å². The molecule has 0 aromatic heterocycles. The number of piperazine rings is 1. The Morgan fingerprint density at radius 1 is 1.17 bits per heavy atom. The van der Waals surface area contributed by atoms with Gasteiger partial charge in [-0.05, 0) is 34.1 Å². The van der Waals surface area contributed by atoms with Gasteiger partial charge in [0.05, 0.1) is 12.7 Å². The number of nitrogens with one attached hydrogen (secondary N) is 1. The van der Waals surface area contributed by atoms with Crippen molar-refractivity contribution in [1.82, 2.24) is 15.1 Å². The summed E-state index contributed by atoms with van der Waals surface area (Å²) < 4.78 is 10.6. The van der Waals surface area contributed by atoms with Crippen molar-refractivity contribution in [3.05, 3.63) is 0 Å². The number of hydrogen-bond donors (Lipinski definition) is 1. The van der Waals surface area contributed by atoms with Crippen molar-refractivity contribution < 1.29 is 14.3 Å². The van der Waals surface area contributed by atoms with Crippen molar-refractivity contribution in [2.24, 2.45) is 4.99 Å². The van der Waals surface area contributed by atoms with Crippen molar-refractivity contribution in [1.29, 1.82) is 0 Å². The molecule has 0 spiro atoms. The molecular weight excluding hydrogens is 423 g/mol. The van der Waals surface area contributed by atoms with E-state index in [0.29, 0.717) is 19.7 Å². The van der Waals surface area contributed by atoms with Crippen LogP contribution >= 0.6 is 24.0 Å². The van der Waals surface area contributed by atoms with Gasteiger partial charge in [-0.25, -0.2) is 4.79 Å². The van der Waals surface area contributed by atoms with Gasteiger partial charge in [0.25, 0.3) is 0 Å². The number of carbonyl (C=O) groups is 1. The molecule has 7 nitrogen and oxygen atoms in total. The molecule has 8 heteroatoms. The molecule has 0 bridgehead atoms. The van der Waals surface area contributed by atoms with E-state index in [2.05, 4.69) is 22.1 Å². The molecule has 0 aliphatic carbocycles. The van der Waals surface area contributed by atoms with Gasteiger partial charge in [-0.15, -0.1) is 24.0 Å². The fourth-order valence-electron chi connectivity index (χ4n) is 2.31. The molecule has 1 aliphatic rings. The summed E-state index contributed by atoms with van der Waals surface area (Å²) in [4.78, 5) is 20.3. The predicted molar refractivity (Wildman–Crippen MR) is 107 cm³/mol. The molecule has 0 unspecified atom stereocenters. The monoisotopic (exact) mass is 456 g/mol. The van der Waals surface area contributed by atoms with E-state index < -0.39 is 0 Å². The Morgan fingerprint density at radius 2 is 1.79 bits per heavy atom. The van der Waals surface area contributed by atoms with Crippen LogP contribution in [-0.2, 0) is 9.47 Å². The molecule has 1 amide bonds. The molecule has 1 aliphatic heterocycles. The Labute approximate surface area is 163 Å². The summed E-state index contributed by atoms with van der Waals surface area (Å²) in [5.41, 5.74) is 0. The van der Waals surface area contributed by atoms with Gasteiger partial charge in [-0.3, -0.25) is 4.99 Å². The molecule has 1 saturated heterocycles. The molecule has 24 heavy (non-hydrogen) atoms. The smallest absolute Gasteiger partial charge is 0.409 e. The summed E-state index contributed by atoms with van der Waals surface area (Å²) in [5, 5.41) is 3.32. The third kappa shape index (κ3) is 8.91. The van der Waals surface area contributed by atoms with Crippen molar-refractivity contribution in [3.8, 4) is 0 Å². The zero-order valence-electron chi connectivity index (χ0n) is 15.4. The van der Waals surface area contributed by atoms with E-state index in [1.807, 2.05) is 20.8 Å². The highest BCUT2D eigenvalue weighted by Crippen LogP contribution is 2.04. The van der Waals surface area contributed by atoms with Gasteiger partial charge in [-0.2, -0.15) is 0 Å². The third-order valence-electron chi connectivity index (χ3n) is 3.46. The number of guanidine groups is 1. The SMILES string of the molecule is CCNC(=NCCCOC(C)C)N1CCN(C(=O)OCC)CC1.I. The Kier molecular flexibility index (Phi) is 13.1. The Morgan fingerprint density at radius 3 is 2.33 bits per heavy atom. The maximum absolute atomic E-state index is 11.7. The largest absolute Gasteiger partial charge is 0.450 e. The number of hydrogen-bond acceptors (Lipinski definition) is 4. The average molecular weight is 456 g/mol. The molecular formula is C16H33IN4O3. The number of ether oxygens (including phenoxy) is 2. The number of nitrogens with zero attached hydrogens (tertiary/aromatic N) is 3. The number of rotatable bonds is 7. The number of carbonyl (C=O) groups excluding carboxylic acids is 1. The molecule has 1 rings (SSSR count). The first kappa shape index (κ1) is 23.2. The van der Waals surface area contributed by atoms with E-state index >= 15 is 0 Å². The van der Waals surface area contributed by atoms with Gasteiger partial charge in [0, 0.05) is 45.9 Å². The molecule has 1 fully saturated rings. The van der Waals surface area contributed by atoms with Gasteiger partial charge in [0.2, 0.25) is 0 Å². The summed E-state index contributed by atoms with van der Waals surface area (Å²) >= 11 is 0. The number of amides is 1. The normalized spacial score (nSPS) is 15.3. The van der Waals surface area contributed by atoms with Gasteiger partial charge in [-0.1, -0.05) is 0 Å². The van der Waals surface area contributed by atoms with Gasteiger partial charge >= 0.3 is 6.09 Å². The first-order chi connectivity index (χ1) is 11.1. The van der Waals surface area contributed by atoms with E-state index in [0.717, 1.165) is 45.2 Å². The van der Waals surface area contributed by atoms with Crippen molar-refractivity contribution in [3.63, 3.8) is 0 Å². The van der Waals surface area contributed by atoms with Crippen LogP contribution in [0.4, 0.5) is 4.79 Å². The first-order valence-corrected chi connectivity index (χ1v) is 8.65. The van der Waals surface area contributed by atoms with Crippen molar-refractivity contribution >= 4 is 36.0 Å². The van der Waals surface area contributed by atoms with Crippen molar-refractivity contribution in [2.45, 2.75) is 40.2 Å². The lowest BCUT2D eigenvalue weighted by Crippen LogP contribution is -2.53. The molecule has 0 radical (unpaired) electrons. The van der Waals surface area contributed by atoms with Crippen LogP contribution in [0.15, 0.2) is 4.99 Å². The summed E-state index contributed by atoms with van der Waals surface area (Å²) in [7, 11) is 0. The van der Waals surface area contributed by atoms with E-state index in [9.17, 15) is 4.79 Å². The summed E-state index contributed by atoms with van der Waals surface area (Å²) in [6, 6.07) is 0. The first-order valence-electron chi connectivity index (χ1n) is 8.65.